The number of tetrazole rings is 1. The number of hydrogen-bond donors (Lipinski definition) is 1. The molecule has 0 unspecified atom stereocenters. The Morgan fingerprint density at radius 2 is 1.75 bits per heavy atom. The summed E-state index contributed by atoms with van der Waals surface area (Å²) in [7, 11) is -3.79. The Balaban J connectivity index is 1.50. The second-order valence-electron chi connectivity index (χ2n) is 7.20. The fourth-order valence-electron chi connectivity index (χ4n) is 3.40. The lowest BCUT2D eigenvalue weighted by Gasteiger charge is -2.33. The van der Waals surface area contributed by atoms with Crippen LogP contribution >= 0.6 is 0 Å². The normalized spacial score (nSPS) is 14.8. The molecule has 0 aliphatic carbocycles. The van der Waals surface area contributed by atoms with Crippen LogP contribution in [0.2, 0.25) is 0 Å². The van der Waals surface area contributed by atoms with E-state index in [-0.39, 0.29) is 29.5 Å². The third-order valence-electron chi connectivity index (χ3n) is 5.14. The van der Waals surface area contributed by atoms with Gasteiger partial charge in [-0.05, 0) is 46.8 Å². The van der Waals surface area contributed by atoms with Gasteiger partial charge in [0.1, 0.15) is 6.33 Å². The lowest BCUT2D eigenvalue weighted by Crippen LogP contribution is -2.49. The second kappa shape index (κ2) is 8.85. The van der Waals surface area contributed by atoms with Crippen molar-refractivity contribution in [2.24, 2.45) is 0 Å². The molecular weight excluding hydrogens is 434 g/mol. The molecule has 11 nitrogen and oxygen atoms in total. The molecule has 1 N–H and O–H groups in total. The number of nitrogens with zero attached hydrogens (tertiary/aromatic N) is 6. The summed E-state index contributed by atoms with van der Waals surface area (Å²) in [6.07, 6.45) is 1.44. The van der Waals surface area contributed by atoms with Crippen molar-refractivity contribution in [2.75, 3.05) is 31.5 Å². The Morgan fingerprint density at radius 3 is 2.44 bits per heavy atom. The number of hydrogen-bond acceptors (Lipinski definition) is 7. The molecular formula is C20H21N7O4S. The van der Waals surface area contributed by atoms with E-state index in [1.165, 1.54) is 40.4 Å². The fourth-order valence-corrected chi connectivity index (χ4v) is 4.87. The maximum absolute atomic E-state index is 13.0. The van der Waals surface area contributed by atoms with Crippen molar-refractivity contribution in [1.29, 1.82) is 0 Å². The minimum Gasteiger partial charge on any atom is -0.340 e. The minimum atomic E-state index is -3.79. The van der Waals surface area contributed by atoms with Crippen molar-refractivity contribution in [3.05, 3.63) is 60.4 Å². The molecule has 0 spiro atoms. The predicted octanol–water partition coefficient (Wildman–Crippen LogP) is 0.767. The van der Waals surface area contributed by atoms with E-state index in [1.807, 2.05) is 0 Å². The van der Waals surface area contributed by atoms with Gasteiger partial charge in [-0.2, -0.15) is 4.31 Å². The van der Waals surface area contributed by atoms with Gasteiger partial charge < -0.3 is 10.2 Å². The van der Waals surface area contributed by atoms with E-state index >= 15 is 0 Å². The first-order valence-electron chi connectivity index (χ1n) is 9.85. The van der Waals surface area contributed by atoms with Gasteiger partial charge in [0.25, 0.3) is 5.91 Å². The average molecular weight is 456 g/mol. The summed E-state index contributed by atoms with van der Waals surface area (Å²) in [6.45, 7) is 2.56. The number of aromatic nitrogens is 4. The molecule has 2 amide bonds. The molecule has 2 heterocycles. The molecule has 1 aliphatic heterocycles. The monoisotopic (exact) mass is 455 g/mol. The molecule has 2 aromatic carbocycles. The number of rotatable bonds is 5. The summed E-state index contributed by atoms with van der Waals surface area (Å²) < 4.78 is 28.9. The summed E-state index contributed by atoms with van der Waals surface area (Å²) in [5.74, 6) is -0.526. The van der Waals surface area contributed by atoms with E-state index in [2.05, 4.69) is 20.8 Å². The molecule has 0 bridgehead atoms. The smallest absolute Gasteiger partial charge is 0.255 e. The zero-order valence-electron chi connectivity index (χ0n) is 17.2. The first-order chi connectivity index (χ1) is 15.3. The van der Waals surface area contributed by atoms with Crippen molar-refractivity contribution in [3.63, 3.8) is 0 Å². The summed E-state index contributed by atoms with van der Waals surface area (Å²) in [5.41, 5.74) is 1.38. The Kier molecular flexibility index (Phi) is 5.97. The summed E-state index contributed by atoms with van der Waals surface area (Å²) in [6, 6.07) is 12.8. The SMILES string of the molecule is CC(=O)N1CCN(S(=O)(=O)c2cccc(C(=O)Nc3cccc(-n4cnnn4)c3)c2)CC1. The fraction of sp³-hybridized carbons (Fsp3) is 0.250. The van der Waals surface area contributed by atoms with Crippen molar-refractivity contribution in [2.45, 2.75) is 11.8 Å². The van der Waals surface area contributed by atoms with Gasteiger partial charge in [-0.3, -0.25) is 9.59 Å². The van der Waals surface area contributed by atoms with Crippen LogP contribution in [0.4, 0.5) is 5.69 Å². The third kappa shape index (κ3) is 4.50. The zero-order valence-corrected chi connectivity index (χ0v) is 18.1. The molecule has 166 valence electrons. The van der Waals surface area contributed by atoms with E-state index < -0.39 is 15.9 Å². The van der Waals surface area contributed by atoms with E-state index in [0.29, 0.717) is 24.5 Å². The largest absolute Gasteiger partial charge is 0.340 e. The lowest BCUT2D eigenvalue weighted by atomic mass is 10.2. The quantitative estimate of drug-likeness (QED) is 0.601. The summed E-state index contributed by atoms with van der Waals surface area (Å²) >= 11 is 0. The van der Waals surface area contributed by atoms with Crippen LogP contribution < -0.4 is 5.32 Å². The number of benzene rings is 2. The molecule has 3 aromatic rings. The van der Waals surface area contributed by atoms with Gasteiger partial charge in [0.05, 0.1) is 10.6 Å². The Morgan fingerprint density at radius 1 is 1.00 bits per heavy atom. The van der Waals surface area contributed by atoms with Crippen LogP contribution in [0.1, 0.15) is 17.3 Å². The van der Waals surface area contributed by atoms with Gasteiger partial charge in [0.2, 0.25) is 15.9 Å². The van der Waals surface area contributed by atoms with E-state index in [4.69, 9.17) is 0 Å². The van der Waals surface area contributed by atoms with Gasteiger partial charge in [-0.15, -0.1) is 5.10 Å². The minimum absolute atomic E-state index is 0.0314. The number of sulfonamides is 1. The maximum atomic E-state index is 13.0. The molecule has 4 rings (SSSR count). The topological polar surface area (TPSA) is 130 Å². The molecule has 1 saturated heterocycles. The first kappa shape index (κ1) is 21.6. The average Bonchev–Trinajstić information content (AvgIpc) is 3.34. The van der Waals surface area contributed by atoms with Gasteiger partial charge in [-0.25, -0.2) is 13.1 Å². The van der Waals surface area contributed by atoms with Gasteiger partial charge in [-0.1, -0.05) is 12.1 Å². The summed E-state index contributed by atoms with van der Waals surface area (Å²) in [5, 5.41) is 13.7. The van der Waals surface area contributed by atoms with Crippen LogP contribution in [0, 0.1) is 0 Å². The van der Waals surface area contributed by atoms with Crippen molar-refractivity contribution >= 4 is 27.5 Å². The molecule has 1 aromatic heterocycles. The number of carbonyl (C=O) groups excluding carboxylic acids is 2. The van der Waals surface area contributed by atoms with Crippen LogP contribution in [-0.2, 0) is 14.8 Å². The molecule has 32 heavy (non-hydrogen) atoms. The summed E-state index contributed by atoms with van der Waals surface area (Å²) in [4.78, 5) is 25.9. The van der Waals surface area contributed by atoms with Gasteiger partial charge >= 0.3 is 0 Å². The predicted molar refractivity (Wildman–Crippen MR) is 115 cm³/mol. The zero-order chi connectivity index (χ0) is 22.7. The standard InChI is InChI=1S/C20H21N7O4S/c1-15(28)25-8-10-26(11-9-25)32(30,31)19-7-2-4-16(12-19)20(29)22-17-5-3-6-18(13-17)27-14-21-23-24-27/h2-7,12-14H,8-11H2,1H3,(H,22,29). The van der Waals surface area contributed by atoms with E-state index in [1.54, 1.807) is 35.2 Å². The molecule has 0 saturated carbocycles. The Labute approximate surface area is 184 Å². The van der Waals surface area contributed by atoms with Gasteiger partial charge in [0.15, 0.2) is 0 Å². The van der Waals surface area contributed by atoms with Crippen LogP contribution in [0.5, 0.6) is 0 Å². The Hall–Kier alpha value is -3.64. The number of nitrogens with one attached hydrogen (secondary N) is 1. The van der Waals surface area contributed by atoms with Crippen molar-refractivity contribution < 1.29 is 18.0 Å². The first-order valence-corrected chi connectivity index (χ1v) is 11.3. The number of carbonyl (C=O) groups is 2. The maximum Gasteiger partial charge on any atom is 0.255 e. The van der Waals surface area contributed by atoms with Crippen LogP contribution in [-0.4, -0.2) is 75.8 Å². The Bertz CT molecular complexity index is 1240. The van der Waals surface area contributed by atoms with Crippen LogP contribution in [0.15, 0.2) is 59.8 Å². The van der Waals surface area contributed by atoms with E-state index in [9.17, 15) is 18.0 Å². The third-order valence-corrected chi connectivity index (χ3v) is 7.03. The number of piperazine rings is 1. The molecule has 1 aliphatic rings. The second-order valence-corrected chi connectivity index (χ2v) is 9.13. The number of amides is 2. The molecule has 0 radical (unpaired) electrons. The highest BCUT2D eigenvalue weighted by Crippen LogP contribution is 2.20. The molecule has 12 heteroatoms. The van der Waals surface area contributed by atoms with Crippen LogP contribution in [0.25, 0.3) is 5.69 Å². The molecule has 0 atom stereocenters. The number of anilines is 1. The highest BCUT2D eigenvalue weighted by Gasteiger charge is 2.29. The van der Waals surface area contributed by atoms with Gasteiger partial charge in [0, 0.05) is 44.4 Å². The van der Waals surface area contributed by atoms with E-state index in [0.717, 1.165) is 0 Å². The lowest BCUT2D eigenvalue weighted by molar-refractivity contribution is -0.129. The molecule has 1 fully saturated rings. The van der Waals surface area contributed by atoms with Crippen molar-refractivity contribution in [3.8, 4) is 5.69 Å². The highest BCUT2D eigenvalue weighted by molar-refractivity contribution is 7.89. The van der Waals surface area contributed by atoms with Crippen LogP contribution in [0.3, 0.4) is 0 Å². The van der Waals surface area contributed by atoms with Crippen molar-refractivity contribution in [1.82, 2.24) is 29.4 Å². The highest BCUT2D eigenvalue weighted by atomic mass is 32.2.